The van der Waals surface area contributed by atoms with Crippen LogP contribution >= 0.6 is 11.3 Å². The van der Waals surface area contributed by atoms with E-state index in [-0.39, 0.29) is 0 Å². The van der Waals surface area contributed by atoms with Gasteiger partial charge in [-0.15, -0.1) is 11.3 Å². The topological polar surface area (TPSA) is 51.0 Å². The summed E-state index contributed by atoms with van der Waals surface area (Å²) in [4.78, 5) is 10.1. The summed E-state index contributed by atoms with van der Waals surface area (Å²) in [5.74, 6) is 1.09. The highest BCUT2D eigenvalue weighted by Gasteiger charge is 2.09. The van der Waals surface area contributed by atoms with Crippen molar-refractivity contribution in [3.8, 4) is 0 Å². The van der Waals surface area contributed by atoms with E-state index in [1.807, 2.05) is 24.4 Å². The van der Waals surface area contributed by atoms with Crippen LogP contribution in [-0.4, -0.2) is 9.97 Å². The standard InChI is InChI=1S/C16H19N3OS/c1-4-15-18-9-12(21-15)8-17-11-5-6-14-13(7-11)19-16(20-14)10(2)3/h5-7,9-10,17H,4,8H2,1-3H3. The minimum atomic E-state index is 0.304. The molecule has 5 heteroatoms. The quantitative estimate of drug-likeness (QED) is 0.749. The summed E-state index contributed by atoms with van der Waals surface area (Å²) >= 11 is 1.76. The van der Waals surface area contributed by atoms with Crippen LogP contribution in [0.1, 0.15) is 42.5 Å². The predicted molar refractivity (Wildman–Crippen MR) is 86.9 cm³/mol. The molecule has 0 aliphatic heterocycles. The van der Waals surface area contributed by atoms with Crippen molar-refractivity contribution in [2.45, 2.75) is 39.7 Å². The molecule has 0 radical (unpaired) electrons. The van der Waals surface area contributed by atoms with Crippen LogP contribution in [0.15, 0.2) is 28.8 Å². The van der Waals surface area contributed by atoms with Gasteiger partial charge in [0.2, 0.25) is 0 Å². The van der Waals surface area contributed by atoms with E-state index in [9.17, 15) is 0 Å². The van der Waals surface area contributed by atoms with E-state index < -0.39 is 0 Å². The molecule has 0 unspecified atom stereocenters. The molecule has 0 fully saturated rings. The van der Waals surface area contributed by atoms with E-state index in [2.05, 4.69) is 36.1 Å². The highest BCUT2D eigenvalue weighted by Crippen LogP contribution is 2.24. The second kappa shape index (κ2) is 5.85. The fraction of sp³-hybridized carbons (Fsp3) is 0.375. The van der Waals surface area contributed by atoms with E-state index >= 15 is 0 Å². The number of nitrogens with one attached hydrogen (secondary N) is 1. The third kappa shape index (κ3) is 3.08. The van der Waals surface area contributed by atoms with E-state index in [0.29, 0.717) is 5.92 Å². The number of hydrogen-bond acceptors (Lipinski definition) is 5. The predicted octanol–water partition coefficient (Wildman–Crippen LogP) is 4.58. The molecule has 1 N–H and O–H groups in total. The molecular weight excluding hydrogens is 282 g/mol. The van der Waals surface area contributed by atoms with Crippen molar-refractivity contribution >= 4 is 28.1 Å². The molecule has 1 aromatic carbocycles. The van der Waals surface area contributed by atoms with Crippen LogP contribution in [-0.2, 0) is 13.0 Å². The Morgan fingerprint density at radius 1 is 1.33 bits per heavy atom. The average Bonchev–Trinajstić information content (AvgIpc) is 3.11. The number of fused-ring (bicyclic) bond motifs is 1. The summed E-state index contributed by atoms with van der Waals surface area (Å²) in [6.45, 7) is 7.08. The first-order chi connectivity index (χ1) is 10.2. The molecule has 0 saturated heterocycles. The van der Waals surface area contributed by atoms with Gasteiger partial charge >= 0.3 is 0 Å². The van der Waals surface area contributed by atoms with Crippen molar-refractivity contribution in [2.75, 3.05) is 5.32 Å². The fourth-order valence-electron chi connectivity index (χ4n) is 2.08. The van der Waals surface area contributed by atoms with Gasteiger partial charge in [-0.25, -0.2) is 9.97 Å². The number of aryl methyl sites for hydroxylation is 1. The third-order valence-corrected chi connectivity index (χ3v) is 4.41. The Morgan fingerprint density at radius 3 is 2.90 bits per heavy atom. The Morgan fingerprint density at radius 2 is 2.19 bits per heavy atom. The van der Waals surface area contributed by atoms with Crippen LogP contribution in [0.4, 0.5) is 5.69 Å². The third-order valence-electron chi connectivity index (χ3n) is 3.27. The van der Waals surface area contributed by atoms with E-state index in [1.54, 1.807) is 11.3 Å². The number of nitrogens with zero attached hydrogens (tertiary/aromatic N) is 2. The maximum atomic E-state index is 5.72. The number of aromatic nitrogens is 2. The molecule has 21 heavy (non-hydrogen) atoms. The Kier molecular flexibility index (Phi) is 3.92. The van der Waals surface area contributed by atoms with Gasteiger partial charge in [0.15, 0.2) is 11.5 Å². The van der Waals surface area contributed by atoms with Gasteiger partial charge in [0, 0.05) is 22.7 Å². The first-order valence-corrected chi connectivity index (χ1v) is 8.05. The molecule has 4 nitrogen and oxygen atoms in total. The first kappa shape index (κ1) is 14.1. The molecule has 2 aromatic heterocycles. The monoisotopic (exact) mass is 301 g/mol. The van der Waals surface area contributed by atoms with E-state index in [4.69, 9.17) is 4.42 Å². The van der Waals surface area contributed by atoms with E-state index in [1.165, 1.54) is 9.88 Å². The molecule has 3 aromatic rings. The van der Waals surface area contributed by atoms with Crippen molar-refractivity contribution < 1.29 is 4.42 Å². The average molecular weight is 301 g/mol. The highest BCUT2D eigenvalue weighted by molar-refractivity contribution is 7.11. The number of anilines is 1. The minimum absolute atomic E-state index is 0.304. The molecule has 3 rings (SSSR count). The van der Waals surface area contributed by atoms with Crippen molar-refractivity contribution in [3.63, 3.8) is 0 Å². The minimum Gasteiger partial charge on any atom is -0.440 e. The second-order valence-corrected chi connectivity index (χ2v) is 6.52. The Hall–Kier alpha value is -1.88. The van der Waals surface area contributed by atoms with Crippen LogP contribution in [0.25, 0.3) is 11.1 Å². The van der Waals surface area contributed by atoms with Crippen LogP contribution in [0.5, 0.6) is 0 Å². The summed E-state index contributed by atoms with van der Waals surface area (Å²) in [6.07, 6.45) is 2.94. The van der Waals surface area contributed by atoms with E-state index in [0.717, 1.165) is 35.6 Å². The highest BCUT2D eigenvalue weighted by atomic mass is 32.1. The van der Waals surface area contributed by atoms with Crippen LogP contribution in [0, 0.1) is 0 Å². The van der Waals surface area contributed by atoms with Gasteiger partial charge in [-0.1, -0.05) is 20.8 Å². The molecule has 0 aliphatic rings. The summed E-state index contributed by atoms with van der Waals surface area (Å²) in [7, 11) is 0. The largest absolute Gasteiger partial charge is 0.440 e. The molecule has 0 spiro atoms. The number of rotatable bonds is 5. The van der Waals surface area contributed by atoms with Crippen molar-refractivity contribution in [2.24, 2.45) is 0 Å². The SMILES string of the molecule is CCc1ncc(CNc2ccc3oc(C(C)C)nc3c2)s1. The summed E-state index contributed by atoms with van der Waals surface area (Å²) in [6, 6.07) is 6.03. The zero-order chi connectivity index (χ0) is 14.8. The van der Waals surface area contributed by atoms with Crippen molar-refractivity contribution in [1.29, 1.82) is 0 Å². The molecule has 0 saturated carbocycles. The lowest BCUT2D eigenvalue weighted by Gasteiger charge is -2.03. The van der Waals surface area contributed by atoms with Gasteiger partial charge in [-0.3, -0.25) is 0 Å². The number of thiazole rings is 1. The lowest BCUT2D eigenvalue weighted by atomic mass is 10.2. The second-order valence-electron chi connectivity index (χ2n) is 5.32. The molecular formula is C16H19N3OS. The fourth-order valence-corrected chi connectivity index (χ4v) is 2.89. The Balaban J connectivity index is 1.74. The normalized spacial score (nSPS) is 11.4. The van der Waals surface area contributed by atoms with Crippen molar-refractivity contribution in [1.82, 2.24) is 9.97 Å². The van der Waals surface area contributed by atoms with Crippen LogP contribution in [0.3, 0.4) is 0 Å². The smallest absolute Gasteiger partial charge is 0.198 e. The zero-order valence-corrected chi connectivity index (χ0v) is 13.3. The van der Waals surface area contributed by atoms with Gasteiger partial charge in [-0.05, 0) is 24.6 Å². The molecule has 0 bridgehead atoms. The lowest BCUT2D eigenvalue weighted by molar-refractivity contribution is 0.501. The van der Waals surface area contributed by atoms with Crippen LogP contribution < -0.4 is 5.32 Å². The van der Waals surface area contributed by atoms with Gasteiger partial charge < -0.3 is 9.73 Å². The lowest BCUT2D eigenvalue weighted by Crippen LogP contribution is -1.96. The summed E-state index contributed by atoms with van der Waals surface area (Å²) in [5.41, 5.74) is 2.80. The number of hydrogen-bond donors (Lipinski definition) is 1. The maximum absolute atomic E-state index is 5.72. The Bertz CT molecular complexity index is 745. The first-order valence-electron chi connectivity index (χ1n) is 7.23. The number of oxazole rings is 1. The molecule has 0 aliphatic carbocycles. The number of benzene rings is 1. The van der Waals surface area contributed by atoms with Gasteiger partial charge in [0.05, 0.1) is 11.6 Å². The van der Waals surface area contributed by atoms with Gasteiger partial charge in [0.1, 0.15) is 5.52 Å². The maximum Gasteiger partial charge on any atom is 0.198 e. The Labute approximate surface area is 128 Å². The zero-order valence-electron chi connectivity index (χ0n) is 12.5. The van der Waals surface area contributed by atoms with Crippen LogP contribution in [0.2, 0.25) is 0 Å². The summed E-state index contributed by atoms with van der Waals surface area (Å²) < 4.78 is 5.72. The molecule has 2 heterocycles. The molecule has 110 valence electrons. The summed E-state index contributed by atoms with van der Waals surface area (Å²) in [5, 5.41) is 4.60. The van der Waals surface area contributed by atoms with Crippen molar-refractivity contribution in [3.05, 3.63) is 40.2 Å². The molecule has 0 amide bonds. The van der Waals surface area contributed by atoms with Gasteiger partial charge in [0.25, 0.3) is 0 Å². The molecule has 0 atom stereocenters. The van der Waals surface area contributed by atoms with Gasteiger partial charge in [-0.2, -0.15) is 0 Å².